The lowest BCUT2D eigenvalue weighted by atomic mass is 10.1. The number of fused-ring (bicyclic) bond motifs is 2. The molecule has 2 unspecified atom stereocenters. The van der Waals surface area contributed by atoms with Gasteiger partial charge in [0.2, 0.25) is 10.0 Å². The first-order chi connectivity index (χ1) is 11.4. The fourth-order valence-corrected chi connectivity index (χ4v) is 5.66. The number of nitrogens with zero attached hydrogens (tertiary/aromatic N) is 1. The second-order valence-corrected chi connectivity index (χ2v) is 8.24. The Balaban J connectivity index is 2.12. The molecule has 0 saturated carbocycles. The highest BCUT2D eigenvalue weighted by molar-refractivity contribution is 7.89. The van der Waals surface area contributed by atoms with Crippen LogP contribution in [0.15, 0.2) is 23.1 Å². The van der Waals surface area contributed by atoms with Gasteiger partial charge in [-0.2, -0.15) is 30.6 Å². The van der Waals surface area contributed by atoms with Crippen molar-refractivity contribution in [2.45, 2.75) is 61.4 Å². The van der Waals surface area contributed by atoms with Crippen LogP contribution in [0.1, 0.15) is 43.2 Å². The number of rotatable bonds is 2. The third-order valence-electron chi connectivity index (χ3n) is 4.76. The highest BCUT2D eigenvalue weighted by atomic mass is 32.2. The minimum atomic E-state index is -5.08. The van der Waals surface area contributed by atoms with E-state index in [0.29, 0.717) is 37.8 Å². The maximum Gasteiger partial charge on any atom is 0.416 e. The van der Waals surface area contributed by atoms with E-state index in [1.807, 2.05) is 0 Å². The molecule has 0 aliphatic carbocycles. The molecule has 2 aliphatic heterocycles. The summed E-state index contributed by atoms with van der Waals surface area (Å²) in [6.07, 6.45) is -7.05. The fourth-order valence-electron chi connectivity index (χ4n) is 3.66. The van der Waals surface area contributed by atoms with E-state index in [1.165, 1.54) is 0 Å². The van der Waals surface area contributed by atoms with Gasteiger partial charge in [-0.25, -0.2) is 8.42 Å². The van der Waals surface area contributed by atoms with E-state index in [1.54, 1.807) is 0 Å². The maximum atomic E-state index is 13.0. The SMILES string of the molecule is O=S(=O)(c1cc(C(F)(F)F)cc(C(F)(F)F)c1)N1C2CCCC1CC2. The molecule has 2 aliphatic rings. The molecule has 2 heterocycles. The normalized spacial score (nSPS) is 25.4. The Morgan fingerprint density at radius 3 is 1.64 bits per heavy atom. The first-order valence-electron chi connectivity index (χ1n) is 7.74. The van der Waals surface area contributed by atoms with Crippen molar-refractivity contribution in [3.05, 3.63) is 29.3 Å². The number of hydrogen-bond acceptors (Lipinski definition) is 2. The molecule has 0 radical (unpaired) electrons. The molecule has 0 N–H and O–H groups in total. The Labute approximate surface area is 140 Å². The summed E-state index contributed by atoms with van der Waals surface area (Å²) in [4.78, 5) is -0.951. The first kappa shape index (κ1) is 18.5. The molecule has 1 aromatic carbocycles. The third kappa shape index (κ3) is 3.38. The zero-order valence-corrected chi connectivity index (χ0v) is 13.7. The van der Waals surface area contributed by atoms with Gasteiger partial charge in [0.25, 0.3) is 0 Å². The van der Waals surface area contributed by atoms with E-state index in [2.05, 4.69) is 0 Å². The molecule has 3 rings (SSSR count). The zero-order valence-electron chi connectivity index (χ0n) is 12.9. The van der Waals surface area contributed by atoms with Gasteiger partial charge in [-0.3, -0.25) is 0 Å². The number of alkyl halides is 6. The van der Waals surface area contributed by atoms with Crippen LogP contribution in [0.2, 0.25) is 0 Å². The smallest absolute Gasteiger partial charge is 0.207 e. The molecule has 2 saturated heterocycles. The highest BCUT2D eigenvalue weighted by Gasteiger charge is 2.46. The van der Waals surface area contributed by atoms with E-state index in [-0.39, 0.29) is 18.2 Å². The first-order valence-corrected chi connectivity index (χ1v) is 9.18. The molecule has 0 amide bonds. The van der Waals surface area contributed by atoms with E-state index < -0.39 is 38.4 Å². The van der Waals surface area contributed by atoms with Crippen molar-refractivity contribution < 1.29 is 34.8 Å². The quantitative estimate of drug-likeness (QED) is 0.704. The predicted octanol–water partition coefficient (Wildman–Crippen LogP) is 4.43. The van der Waals surface area contributed by atoms with Crippen LogP contribution in [-0.4, -0.2) is 24.8 Å². The van der Waals surface area contributed by atoms with Gasteiger partial charge in [-0.15, -0.1) is 0 Å². The highest BCUT2D eigenvalue weighted by Crippen LogP contribution is 2.42. The molecule has 0 spiro atoms. The van der Waals surface area contributed by atoms with Crippen molar-refractivity contribution in [2.24, 2.45) is 0 Å². The Hall–Kier alpha value is -1.29. The van der Waals surface area contributed by atoms with Crippen LogP contribution in [0.4, 0.5) is 26.3 Å². The van der Waals surface area contributed by atoms with Crippen molar-refractivity contribution >= 4 is 10.0 Å². The molecule has 2 fully saturated rings. The van der Waals surface area contributed by atoms with Gasteiger partial charge >= 0.3 is 12.4 Å². The summed E-state index contributed by atoms with van der Waals surface area (Å²) in [5, 5.41) is 0. The molecule has 140 valence electrons. The van der Waals surface area contributed by atoms with Crippen LogP contribution in [0.25, 0.3) is 0 Å². The van der Waals surface area contributed by atoms with Crippen molar-refractivity contribution in [2.75, 3.05) is 0 Å². The van der Waals surface area contributed by atoms with Crippen LogP contribution in [0, 0.1) is 0 Å². The number of sulfonamides is 1. The second kappa shape index (κ2) is 5.87. The minimum Gasteiger partial charge on any atom is -0.207 e. The van der Waals surface area contributed by atoms with Gasteiger partial charge in [0.1, 0.15) is 0 Å². The zero-order chi connectivity index (χ0) is 18.6. The average molecular weight is 387 g/mol. The third-order valence-corrected chi connectivity index (χ3v) is 6.75. The summed E-state index contributed by atoms with van der Waals surface area (Å²) >= 11 is 0. The summed E-state index contributed by atoms with van der Waals surface area (Å²) in [7, 11) is -4.43. The molecular formula is C15H15F6NO2S. The molecule has 25 heavy (non-hydrogen) atoms. The van der Waals surface area contributed by atoms with Crippen LogP contribution < -0.4 is 0 Å². The van der Waals surface area contributed by atoms with Crippen LogP contribution in [-0.2, 0) is 22.4 Å². The van der Waals surface area contributed by atoms with Gasteiger partial charge in [0.05, 0.1) is 16.0 Å². The van der Waals surface area contributed by atoms with Crippen molar-refractivity contribution in [3.63, 3.8) is 0 Å². The second-order valence-electron chi connectivity index (χ2n) is 6.39. The molecule has 0 aromatic heterocycles. The molecule has 10 heteroatoms. The van der Waals surface area contributed by atoms with E-state index in [4.69, 9.17) is 0 Å². The van der Waals surface area contributed by atoms with E-state index >= 15 is 0 Å². The summed E-state index contributed by atoms with van der Waals surface area (Å²) < 4.78 is 104. The standard InChI is InChI=1S/C15H15F6NO2S/c16-14(17,18)9-6-10(15(19,20)21)8-13(7-9)25(23,24)22-11-2-1-3-12(22)5-4-11/h6-8,11-12H,1-5H2. The summed E-state index contributed by atoms with van der Waals surface area (Å²) in [5.41, 5.74) is -3.24. The number of hydrogen-bond donors (Lipinski definition) is 0. The van der Waals surface area contributed by atoms with Crippen LogP contribution in [0.3, 0.4) is 0 Å². The lowest BCUT2D eigenvalue weighted by Crippen LogP contribution is -2.44. The largest absolute Gasteiger partial charge is 0.416 e. The van der Waals surface area contributed by atoms with Crippen molar-refractivity contribution in [1.29, 1.82) is 0 Å². The lowest BCUT2D eigenvalue weighted by molar-refractivity contribution is -0.143. The van der Waals surface area contributed by atoms with Crippen LogP contribution >= 0.6 is 0 Å². The van der Waals surface area contributed by atoms with Crippen molar-refractivity contribution in [3.8, 4) is 0 Å². The van der Waals surface area contributed by atoms with Crippen molar-refractivity contribution in [1.82, 2.24) is 4.31 Å². The van der Waals surface area contributed by atoms with Gasteiger partial charge in [0, 0.05) is 12.1 Å². The minimum absolute atomic E-state index is 0.0656. The molecule has 2 bridgehead atoms. The van der Waals surface area contributed by atoms with Gasteiger partial charge < -0.3 is 0 Å². The Bertz CT molecular complexity index is 723. The van der Waals surface area contributed by atoms with E-state index in [9.17, 15) is 34.8 Å². The van der Waals surface area contributed by atoms with Gasteiger partial charge in [-0.05, 0) is 43.9 Å². The summed E-state index contributed by atoms with van der Waals surface area (Å²) in [6.45, 7) is 0. The Morgan fingerprint density at radius 2 is 1.24 bits per heavy atom. The Morgan fingerprint density at radius 1 is 0.800 bits per heavy atom. The van der Waals surface area contributed by atoms with E-state index in [0.717, 1.165) is 10.7 Å². The molecule has 3 nitrogen and oxygen atoms in total. The monoisotopic (exact) mass is 387 g/mol. The lowest BCUT2D eigenvalue weighted by Gasteiger charge is -2.33. The summed E-state index contributed by atoms with van der Waals surface area (Å²) in [5.74, 6) is 0. The number of benzene rings is 1. The molecule has 2 atom stereocenters. The molecular weight excluding hydrogens is 372 g/mol. The predicted molar refractivity (Wildman–Crippen MR) is 76.1 cm³/mol. The maximum absolute atomic E-state index is 13.0. The molecule has 1 aromatic rings. The number of halogens is 6. The van der Waals surface area contributed by atoms with Gasteiger partial charge in [0.15, 0.2) is 0 Å². The average Bonchev–Trinajstić information content (AvgIpc) is 2.76. The Kier molecular flexibility index (Phi) is 4.34. The van der Waals surface area contributed by atoms with Crippen LogP contribution in [0.5, 0.6) is 0 Å². The number of piperidine rings is 1. The topological polar surface area (TPSA) is 37.4 Å². The van der Waals surface area contributed by atoms with Gasteiger partial charge in [-0.1, -0.05) is 6.42 Å². The summed E-state index contributed by atoms with van der Waals surface area (Å²) in [6, 6.07) is -0.193. The fraction of sp³-hybridized carbons (Fsp3) is 0.600.